The molecule has 78 valence electrons. The van der Waals surface area contributed by atoms with Gasteiger partial charge in [-0.1, -0.05) is 37.6 Å². The van der Waals surface area contributed by atoms with Crippen LogP contribution in [0.5, 0.6) is 0 Å². The molecule has 2 heteroatoms. The topological polar surface area (TPSA) is 23.1 Å². The van der Waals surface area contributed by atoms with Crippen molar-refractivity contribution in [2.75, 3.05) is 0 Å². The molecule has 1 nitrogen and oxygen atoms in total. The first kappa shape index (κ1) is 14.6. The van der Waals surface area contributed by atoms with Gasteiger partial charge in [-0.15, -0.1) is 12.3 Å². The second-order valence-corrected chi connectivity index (χ2v) is 4.78. The number of allylic oxidation sites excluding steroid dienone is 4. The van der Waals surface area contributed by atoms with Gasteiger partial charge in [0.05, 0.1) is 0 Å². The maximum Gasteiger partial charge on any atom is 1.00 e. The SMILES string of the molecule is C=C([O-])/C=C/C1C(C)=CCCC1(C)C.[Li+]. The monoisotopic (exact) mass is 198 g/mol. The molecule has 0 heterocycles. The van der Waals surface area contributed by atoms with Crippen molar-refractivity contribution in [2.24, 2.45) is 11.3 Å². The van der Waals surface area contributed by atoms with E-state index in [1.54, 1.807) is 6.08 Å². The summed E-state index contributed by atoms with van der Waals surface area (Å²) in [4.78, 5) is 0. The van der Waals surface area contributed by atoms with Crippen LogP contribution in [0.3, 0.4) is 0 Å². The zero-order valence-electron chi connectivity index (χ0n) is 10.3. The van der Waals surface area contributed by atoms with E-state index in [1.807, 2.05) is 6.08 Å². The van der Waals surface area contributed by atoms with Crippen LogP contribution in [0.1, 0.15) is 33.6 Å². The van der Waals surface area contributed by atoms with Gasteiger partial charge in [0.1, 0.15) is 0 Å². The van der Waals surface area contributed by atoms with Gasteiger partial charge < -0.3 is 5.11 Å². The van der Waals surface area contributed by atoms with Crippen LogP contribution in [0.25, 0.3) is 0 Å². The molecular formula is C13H19LiO. The smallest absolute Gasteiger partial charge is 0.873 e. The first-order chi connectivity index (χ1) is 6.43. The molecule has 0 fully saturated rings. The molecule has 15 heavy (non-hydrogen) atoms. The standard InChI is InChI=1S/C13H20O.Li/c1-10-6-5-9-13(3,4)12(10)8-7-11(2)14;/h6-8,12,14H,2,5,9H2,1,3-4H3;/q;+1/p-1/b8-7+;. The molecule has 1 atom stereocenters. The average molecular weight is 198 g/mol. The van der Waals surface area contributed by atoms with Crippen LogP contribution < -0.4 is 24.0 Å². The molecule has 1 aliphatic carbocycles. The minimum atomic E-state index is -0.112. The van der Waals surface area contributed by atoms with Gasteiger partial charge in [-0.05, 0) is 25.2 Å². The average Bonchev–Trinajstić information content (AvgIpc) is 2.01. The van der Waals surface area contributed by atoms with Crippen LogP contribution in [-0.4, -0.2) is 0 Å². The Hall–Kier alpha value is -0.383. The third-order valence-corrected chi connectivity index (χ3v) is 3.06. The summed E-state index contributed by atoms with van der Waals surface area (Å²) >= 11 is 0. The van der Waals surface area contributed by atoms with Gasteiger partial charge in [0.2, 0.25) is 0 Å². The van der Waals surface area contributed by atoms with E-state index in [-0.39, 0.29) is 30.0 Å². The van der Waals surface area contributed by atoms with Crippen molar-refractivity contribution in [3.05, 3.63) is 36.1 Å². The Balaban J connectivity index is 0.00000196. The Morgan fingerprint density at radius 3 is 2.67 bits per heavy atom. The molecule has 0 amide bonds. The maximum atomic E-state index is 10.8. The molecule has 0 radical (unpaired) electrons. The van der Waals surface area contributed by atoms with Crippen molar-refractivity contribution in [2.45, 2.75) is 33.6 Å². The molecule has 0 aromatic carbocycles. The number of hydrogen-bond acceptors (Lipinski definition) is 1. The summed E-state index contributed by atoms with van der Waals surface area (Å²) < 4.78 is 0. The summed E-state index contributed by atoms with van der Waals surface area (Å²) in [6.07, 6.45) is 8.20. The summed E-state index contributed by atoms with van der Waals surface area (Å²) in [5.74, 6) is 0.279. The fraction of sp³-hybridized carbons (Fsp3) is 0.538. The predicted molar refractivity (Wildman–Crippen MR) is 58.5 cm³/mol. The van der Waals surface area contributed by atoms with Gasteiger partial charge in [0.15, 0.2) is 0 Å². The van der Waals surface area contributed by atoms with E-state index in [0.29, 0.717) is 5.92 Å². The minimum Gasteiger partial charge on any atom is -0.873 e. The summed E-state index contributed by atoms with van der Waals surface area (Å²) in [5, 5.41) is 10.8. The molecule has 1 unspecified atom stereocenters. The van der Waals surface area contributed by atoms with Gasteiger partial charge in [0, 0.05) is 5.92 Å². The van der Waals surface area contributed by atoms with Gasteiger partial charge in [-0.2, -0.15) is 0 Å². The van der Waals surface area contributed by atoms with Gasteiger partial charge in [-0.25, -0.2) is 0 Å². The van der Waals surface area contributed by atoms with Crippen molar-refractivity contribution in [1.29, 1.82) is 0 Å². The Morgan fingerprint density at radius 2 is 2.20 bits per heavy atom. The third-order valence-electron chi connectivity index (χ3n) is 3.06. The van der Waals surface area contributed by atoms with Gasteiger partial charge in [0.25, 0.3) is 0 Å². The van der Waals surface area contributed by atoms with E-state index in [2.05, 4.69) is 33.4 Å². The van der Waals surface area contributed by atoms with E-state index in [1.165, 1.54) is 12.0 Å². The summed E-state index contributed by atoms with van der Waals surface area (Å²) in [5.41, 5.74) is 1.64. The van der Waals surface area contributed by atoms with Crippen molar-refractivity contribution >= 4 is 0 Å². The molecule has 0 saturated heterocycles. The Bertz CT molecular complexity index is 287. The zero-order valence-corrected chi connectivity index (χ0v) is 10.3. The van der Waals surface area contributed by atoms with E-state index in [0.717, 1.165) is 6.42 Å². The van der Waals surface area contributed by atoms with E-state index < -0.39 is 0 Å². The summed E-state index contributed by atoms with van der Waals surface area (Å²) in [7, 11) is 0. The second-order valence-electron chi connectivity index (χ2n) is 4.78. The number of rotatable bonds is 2. The van der Waals surface area contributed by atoms with Crippen LogP contribution in [-0.2, 0) is 0 Å². The molecule has 0 saturated carbocycles. The molecular weight excluding hydrogens is 179 g/mol. The Morgan fingerprint density at radius 1 is 1.60 bits per heavy atom. The first-order valence-corrected chi connectivity index (χ1v) is 5.14. The fourth-order valence-corrected chi connectivity index (χ4v) is 2.19. The van der Waals surface area contributed by atoms with Crippen molar-refractivity contribution in [3.63, 3.8) is 0 Å². The summed E-state index contributed by atoms with van der Waals surface area (Å²) in [6, 6.07) is 0. The molecule has 0 bridgehead atoms. The summed E-state index contributed by atoms with van der Waals surface area (Å²) in [6.45, 7) is 10.0. The predicted octanol–water partition coefficient (Wildman–Crippen LogP) is -0.197. The quantitative estimate of drug-likeness (QED) is 0.261. The molecule has 0 spiro atoms. The van der Waals surface area contributed by atoms with Gasteiger partial charge >= 0.3 is 18.9 Å². The Kier molecular flexibility index (Phi) is 5.49. The molecule has 1 rings (SSSR count). The molecule has 0 aliphatic heterocycles. The normalized spacial score (nSPS) is 24.5. The fourth-order valence-electron chi connectivity index (χ4n) is 2.19. The van der Waals surface area contributed by atoms with E-state index in [9.17, 15) is 5.11 Å². The van der Waals surface area contributed by atoms with Crippen molar-refractivity contribution < 1.29 is 24.0 Å². The van der Waals surface area contributed by atoms with E-state index >= 15 is 0 Å². The molecule has 0 aromatic heterocycles. The van der Waals surface area contributed by atoms with Crippen LogP contribution in [0.2, 0.25) is 0 Å². The van der Waals surface area contributed by atoms with Crippen molar-refractivity contribution in [1.82, 2.24) is 0 Å². The van der Waals surface area contributed by atoms with Gasteiger partial charge in [-0.3, -0.25) is 0 Å². The zero-order chi connectivity index (χ0) is 10.8. The first-order valence-electron chi connectivity index (χ1n) is 5.14. The third kappa shape index (κ3) is 3.93. The van der Waals surface area contributed by atoms with Crippen LogP contribution in [0.15, 0.2) is 36.1 Å². The van der Waals surface area contributed by atoms with Crippen LogP contribution in [0, 0.1) is 11.3 Å². The van der Waals surface area contributed by atoms with Crippen LogP contribution >= 0.6 is 0 Å². The molecule has 1 aliphatic rings. The van der Waals surface area contributed by atoms with Crippen molar-refractivity contribution in [3.8, 4) is 0 Å². The second kappa shape index (κ2) is 5.63. The molecule has 0 N–H and O–H groups in total. The number of hydrogen-bond donors (Lipinski definition) is 0. The molecule has 0 aromatic rings. The van der Waals surface area contributed by atoms with Crippen LogP contribution in [0.4, 0.5) is 0 Å². The largest absolute Gasteiger partial charge is 1.00 e. The Labute approximate surface area is 105 Å². The maximum absolute atomic E-state index is 10.8. The minimum absolute atomic E-state index is 0. The van der Waals surface area contributed by atoms with E-state index in [4.69, 9.17) is 0 Å².